The molecule has 2 heteroatoms. The van der Waals surface area contributed by atoms with Crippen LogP contribution in [0.3, 0.4) is 0 Å². The summed E-state index contributed by atoms with van der Waals surface area (Å²) in [6.07, 6.45) is 0.864. The SMILES string of the molecule is Cc1ccc(CC(N)c2cc(C)nc(C)c2)cc1. The van der Waals surface area contributed by atoms with Gasteiger partial charge in [0.1, 0.15) is 0 Å². The maximum absolute atomic E-state index is 6.28. The van der Waals surface area contributed by atoms with E-state index in [1.165, 1.54) is 16.7 Å². The summed E-state index contributed by atoms with van der Waals surface area (Å²) in [7, 11) is 0. The third kappa shape index (κ3) is 3.17. The van der Waals surface area contributed by atoms with Crippen LogP contribution in [0.2, 0.25) is 0 Å². The van der Waals surface area contributed by atoms with E-state index in [-0.39, 0.29) is 6.04 Å². The lowest BCUT2D eigenvalue weighted by Gasteiger charge is -2.13. The minimum Gasteiger partial charge on any atom is -0.324 e. The number of rotatable bonds is 3. The van der Waals surface area contributed by atoms with Crippen molar-refractivity contribution < 1.29 is 0 Å². The molecule has 18 heavy (non-hydrogen) atoms. The number of nitrogens with two attached hydrogens (primary N) is 1. The first-order valence-corrected chi connectivity index (χ1v) is 6.31. The fourth-order valence-electron chi connectivity index (χ4n) is 2.18. The molecule has 2 aromatic rings. The van der Waals surface area contributed by atoms with E-state index < -0.39 is 0 Å². The number of benzene rings is 1. The second-order valence-electron chi connectivity index (χ2n) is 4.98. The van der Waals surface area contributed by atoms with Gasteiger partial charge in [0, 0.05) is 17.4 Å². The third-order valence-electron chi connectivity index (χ3n) is 3.11. The standard InChI is InChI=1S/C16H20N2/c1-11-4-6-14(7-5-11)10-16(17)15-8-12(2)18-13(3)9-15/h4-9,16H,10,17H2,1-3H3. The van der Waals surface area contributed by atoms with Gasteiger partial charge in [0.15, 0.2) is 0 Å². The second-order valence-corrected chi connectivity index (χ2v) is 4.98. The van der Waals surface area contributed by atoms with Crippen molar-refractivity contribution in [3.63, 3.8) is 0 Å². The van der Waals surface area contributed by atoms with Crippen LogP contribution < -0.4 is 5.73 Å². The van der Waals surface area contributed by atoms with Crippen LogP contribution in [0.15, 0.2) is 36.4 Å². The van der Waals surface area contributed by atoms with Gasteiger partial charge in [0.05, 0.1) is 0 Å². The van der Waals surface area contributed by atoms with Gasteiger partial charge in [0.25, 0.3) is 0 Å². The summed E-state index contributed by atoms with van der Waals surface area (Å²) in [5, 5.41) is 0. The van der Waals surface area contributed by atoms with E-state index in [1.807, 2.05) is 13.8 Å². The van der Waals surface area contributed by atoms with Crippen molar-refractivity contribution in [1.82, 2.24) is 4.98 Å². The van der Waals surface area contributed by atoms with E-state index in [1.54, 1.807) is 0 Å². The average Bonchev–Trinajstić information content (AvgIpc) is 2.31. The van der Waals surface area contributed by atoms with E-state index in [4.69, 9.17) is 5.73 Å². The average molecular weight is 240 g/mol. The quantitative estimate of drug-likeness (QED) is 0.894. The molecule has 0 aliphatic rings. The van der Waals surface area contributed by atoms with Gasteiger partial charge in [-0.3, -0.25) is 4.98 Å². The molecule has 0 bridgehead atoms. The van der Waals surface area contributed by atoms with Crippen LogP contribution in [0.5, 0.6) is 0 Å². The smallest absolute Gasteiger partial charge is 0.0379 e. The van der Waals surface area contributed by atoms with E-state index >= 15 is 0 Å². The molecule has 1 atom stereocenters. The Bertz CT molecular complexity index is 509. The number of nitrogens with zero attached hydrogens (tertiary/aromatic N) is 1. The Hall–Kier alpha value is -1.67. The first-order valence-electron chi connectivity index (χ1n) is 6.31. The highest BCUT2D eigenvalue weighted by Gasteiger charge is 2.08. The van der Waals surface area contributed by atoms with Gasteiger partial charge in [-0.2, -0.15) is 0 Å². The molecule has 1 aromatic carbocycles. The minimum absolute atomic E-state index is 0.0353. The van der Waals surface area contributed by atoms with Gasteiger partial charge in [0.2, 0.25) is 0 Å². The Kier molecular flexibility index (Phi) is 3.78. The van der Waals surface area contributed by atoms with Gasteiger partial charge < -0.3 is 5.73 Å². The van der Waals surface area contributed by atoms with E-state index in [2.05, 4.69) is 48.3 Å². The van der Waals surface area contributed by atoms with Crippen molar-refractivity contribution >= 4 is 0 Å². The number of aromatic nitrogens is 1. The van der Waals surface area contributed by atoms with Crippen LogP contribution >= 0.6 is 0 Å². The van der Waals surface area contributed by atoms with Crippen molar-refractivity contribution in [2.75, 3.05) is 0 Å². The molecule has 0 saturated heterocycles. The molecule has 0 radical (unpaired) electrons. The molecule has 1 heterocycles. The molecule has 1 unspecified atom stereocenters. The summed E-state index contributed by atoms with van der Waals surface area (Å²) in [6, 6.07) is 12.7. The molecule has 1 aromatic heterocycles. The molecule has 0 saturated carbocycles. The maximum Gasteiger partial charge on any atom is 0.0379 e. The van der Waals surface area contributed by atoms with Crippen LogP contribution in [-0.4, -0.2) is 4.98 Å². The Labute approximate surface area is 109 Å². The number of aryl methyl sites for hydroxylation is 3. The topological polar surface area (TPSA) is 38.9 Å². The highest BCUT2D eigenvalue weighted by atomic mass is 14.7. The van der Waals surface area contributed by atoms with Crippen LogP contribution in [0.1, 0.15) is 34.1 Å². The molecular weight excluding hydrogens is 220 g/mol. The Morgan fingerprint density at radius 1 is 1.00 bits per heavy atom. The van der Waals surface area contributed by atoms with Crippen LogP contribution in [0.25, 0.3) is 0 Å². The van der Waals surface area contributed by atoms with Crippen molar-refractivity contribution in [3.8, 4) is 0 Å². The molecule has 2 rings (SSSR count). The second kappa shape index (κ2) is 5.32. The highest BCUT2D eigenvalue weighted by Crippen LogP contribution is 2.18. The Balaban J connectivity index is 2.16. The Morgan fingerprint density at radius 2 is 1.56 bits per heavy atom. The summed E-state index contributed by atoms with van der Waals surface area (Å²) in [5.41, 5.74) is 12.1. The molecule has 0 aliphatic carbocycles. The van der Waals surface area contributed by atoms with Gasteiger partial charge in [-0.05, 0) is 50.5 Å². The zero-order chi connectivity index (χ0) is 13.1. The van der Waals surface area contributed by atoms with Crippen molar-refractivity contribution in [3.05, 3.63) is 64.5 Å². The fraction of sp³-hybridized carbons (Fsp3) is 0.312. The molecule has 0 fully saturated rings. The Morgan fingerprint density at radius 3 is 2.11 bits per heavy atom. The van der Waals surface area contributed by atoms with Crippen LogP contribution in [-0.2, 0) is 6.42 Å². The largest absolute Gasteiger partial charge is 0.324 e. The number of hydrogen-bond donors (Lipinski definition) is 1. The zero-order valence-corrected chi connectivity index (χ0v) is 11.3. The van der Waals surface area contributed by atoms with Gasteiger partial charge >= 0.3 is 0 Å². The molecular formula is C16H20N2. The molecule has 0 aliphatic heterocycles. The minimum atomic E-state index is 0.0353. The number of hydrogen-bond acceptors (Lipinski definition) is 2. The lowest BCUT2D eigenvalue weighted by Crippen LogP contribution is -2.14. The van der Waals surface area contributed by atoms with Gasteiger partial charge in [-0.15, -0.1) is 0 Å². The van der Waals surface area contributed by atoms with Crippen LogP contribution in [0.4, 0.5) is 0 Å². The van der Waals surface area contributed by atoms with Crippen molar-refractivity contribution in [2.24, 2.45) is 5.73 Å². The summed E-state index contributed by atoms with van der Waals surface area (Å²) in [4.78, 5) is 4.38. The molecule has 94 valence electrons. The van der Waals surface area contributed by atoms with E-state index in [0.717, 1.165) is 17.8 Å². The third-order valence-corrected chi connectivity index (χ3v) is 3.11. The zero-order valence-electron chi connectivity index (χ0n) is 11.3. The highest BCUT2D eigenvalue weighted by molar-refractivity contribution is 5.27. The molecule has 0 spiro atoms. The first kappa shape index (κ1) is 12.8. The predicted octanol–water partition coefficient (Wildman–Crippen LogP) is 3.25. The van der Waals surface area contributed by atoms with E-state index in [0.29, 0.717) is 0 Å². The van der Waals surface area contributed by atoms with E-state index in [9.17, 15) is 0 Å². The summed E-state index contributed by atoms with van der Waals surface area (Å²) >= 11 is 0. The lowest BCUT2D eigenvalue weighted by molar-refractivity contribution is 0.717. The summed E-state index contributed by atoms with van der Waals surface area (Å²) in [6.45, 7) is 6.11. The normalized spacial score (nSPS) is 12.4. The molecule has 2 N–H and O–H groups in total. The van der Waals surface area contributed by atoms with Gasteiger partial charge in [-0.1, -0.05) is 29.8 Å². The lowest BCUT2D eigenvalue weighted by atomic mass is 9.98. The molecule has 0 amide bonds. The van der Waals surface area contributed by atoms with Gasteiger partial charge in [-0.25, -0.2) is 0 Å². The predicted molar refractivity (Wildman–Crippen MR) is 75.5 cm³/mol. The fourth-order valence-corrected chi connectivity index (χ4v) is 2.18. The molecule has 2 nitrogen and oxygen atoms in total. The van der Waals surface area contributed by atoms with Crippen LogP contribution in [0, 0.1) is 20.8 Å². The summed E-state index contributed by atoms with van der Waals surface area (Å²) in [5.74, 6) is 0. The van der Waals surface area contributed by atoms with Crippen molar-refractivity contribution in [1.29, 1.82) is 0 Å². The summed E-state index contributed by atoms with van der Waals surface area (Å²) < 4.78 is 0. The first-order chi connectivity index (χ1) is 8.54. The van der Waals surface area contributed by atoms with Crippen molar-refractivity contribution in [2.45, 2.75) is 33.2 Å². The maximum atomic E-state index is 6.28. The number of pyridine rings is 1. The monoisotopic (exact) mass is 240 g/mol.